The second kappa shape index (κ2) is 4.44. The van der Waals surface area contributed by atoms with Crippen molar-refractivity contribution in [2.45, 2.75) is 4.90 Å². The van der Waals surface area contributed by atoms with E-state index in [0.29, 0.717) is 0 Å². The Morgan fingerprint density at radius 1 is 1.21 bits per heavy atom. The molecule has 19 heavy (non-hydrogen) atoms. The number of thioether (sulfide) groups is 1. The Morgan fingerprint density at radius 3 is 2.37 bits per heavy atom. The van der Waals surface area contributed by atoms with E-state index in [1.165, 1.54) is 14.1 Å². The van der Waals surface area contributed by atoms with E-state index in [2.05, 4.69) is 0 Å². The van der Waals surface area contributed by atoms with Crippen molar-refractivity contribution in [2.75, 3.05) is 6.26 Å². The fourth-order valence-electron chi connectivity index (χ4n) is 1.80. The van der Waals surface area contributed by atoms with Crippen LogP contribution in [0.15, 0.2) is 23.7 Å². The summed E-state index contributed by atoms with van der Waals surface area (Å²) in [6, 6.07) is 1.73. The molecule has 0 aliphatic rings. The van der Waals surface area contributed by atoms with Gasteiger partial charge in [-0.3, -0.25) is 13.9 Å². The Labute approximate surface area is 110 Å². The molecular weight excluding hydrogens is 270 g/mol. The molecular formula is C11H9N3O4S. The van der Waals surface area contributed by atoms with E-state index < -0.39 is 16.9 Å². The highest BCUT2D eigenvalue weighted by Gasteiger charge is 2.20. The van der Waals surface area contributed by atoms with Gasteiger partial charge in [0, 0.05) is 14.1 Å². The van der Waals surface area contributed by atoms with Crippen molar-refractivity contribution < 1.29 is 4.42 Å². The summed E-state index contributed by atoms with van der Waals surface area (Å²) in [4.78, 5) is 35.8. The van der Waals surface area contributed by atoms with Gasteiger partial charge < -0.3 is 4.42 Å². The Kier molecular flexibility index (Phi) is 3.08. The van der Waals surface area contributed by atoms with Gasteiger partial charge in [-0.25, -0.2) is 9.59 Å². The van der Waals surface area contributed by atoms with Gasteiger partial charge >= 0.3 is 11.3 Å². The normalized spacial score (nSPS) is 10.6. The Hall–Kier alpha value is -2.27. The van der Waals surface area contributed by atoms with E-state index in [-0.39, 0.29) is 21.6 Å². The maximum absolute atomic E-state index is 12.1. The van der Waals surface area contributed by atoms with Crippen molar-refractivity contribution in [1.82, 2.24) is 9.13 Å². The summed E-state index contributed by atoms with van der Waals surface area (Å²) in [6.07, 6.45) is 1.64. The predicted molar refractivity (Wildman–Crippen MR) is 69.5 cm³/mol. The van der Waals surface area contributed by atoms with E-state index in [1.54, 1.807) is 12.3 Å². The molecule has 0 amide bonds. The molecule has 0 atom stereocenters. The second-order valence-corrected chi connectivity index (χ2v) is 4.61. The van der Waals surface area contributed by atoms with Crippen LogP contribution in [0.5, 0.6) is 0 Å². The van der Waals surface area contributed by atoms with Crippen molar-refractivity contribution >= 4 is 22.9 Å². The van der Waals surface area contributed by atoms with Crippen LogP contribution in [-0.4, -0.2) is 15.4 Å². The van der Waals surface area contributed by atoms with E-state index in [9.17, 15) is 14.4 Å². The lowest BCUT2D eigenvalue weighted by atomic mass is 10.2. The standard InChI is InChI=1S/C11H9N3O4S/c1-13-8(15)6-7(19-3)5(4-12)10(16)18-9(6)14(2)11(13)17/h1-3H3. The van der Waals surface area contributed by atoms with Crippen LogP contribution >= 0.6 is 11.8 Å². The maximum Gasteiger partial charge on any atom is 0.356 e. The predicted octanol–water partition coefficient (Wildman–Crippen LogP) is -0.216. The summed E-state index contributed by atoms with van der Waals surface area (Å²) in [5, 5.41) is 9.04. The van der Waals surface area contributed by atoms with Crippen LogP contribution in [0.3, 0.4) is 0 Å². The van der Waals surface area contributed by atoms with Gasteiger partial charge in [0.15, 0.2) is 5.56 Å². The van der Waals surface area contributed by atoms with Crippen LogP contribution < -0.4 is 16.9 Å². The SMILES string of the molecule is CSc1c(C#N)c(=O)oc2c1c(=O)n(C)c(=O)n2C. The highest BCUT2D eigenvalue weighted by Crippen LogP contribution is 2.24. The van der Waals surface area contributed by atoms with E-state index in [4.69, 9.17) is 9.68 Å². The van der Waals surface area contributed by atoms with Crippen molar-refractivity contribution in [2.24, 2.45) is 14.1 Å². The summed E-state index contributed by atoms with van der Waals surface area (Å²) in [5.41, 5.74) is -2.40. The summed E-state index contributed by atoms with van der Waals surface area (Å²) in [6.45, 7) is 0. The smallest absolute Gasteiger partial charge is 0.356 e. The molecule has 0 N–H and O–H groups in total. The summed E-state index contributed by atoms with van der Waals surface area (Å²) in [7, 11) is 2.72. The monoisotopic (exact) mass is 279 g/mol. The van der Waals surface area contributed by atoms with Crippen LogP contribution in [0, 0.1) is 11.3 Å². The molecule has 0 spiro atoms. The lowest BCUT2D eigenvalue weighted by Gasteiger charge is -2.08. The molecule has 0 fully saturated rings. The van der Waals surface area contributed by atoms with Gasteiger partial charge in [0.2, 0.25) is 5.71 Å². The van der Waals surface area contributed by atoms with Crippen LogP contribution in [-0.2, 0) is 14.1 Å². The van der Waals surface area contributed by atoms with E-state index in [0.717, 1.165) is 20.9 Å². The minimum absolute atomic E-state index is 0.0632. The highest BCUT2D eigenvalue weighted by molar-refractivity contribution is 7.98. The molecule has 0 saturated heterocycles. The molecule has 98 valence electrons. The van der Waals surface area contributed by atoms with E-state index in [1.807, 2.05) is 0 Å². The molecule has 7 nitrogen and oxygen atoms in total. The molecule has 0 saturated carbocycles. The Balaban J connectivity index is 3.30. The summed E-state index contributed by atoms with van der Waals surface area (Å²) in [5.74, 6) is 0. The number of hydrogen-bond donors (Lipinski definition) is 0. The Bertz CT molecular complexity index is 898. The zero-order valence-corrected chi connectivity index (χ0v) is 11.2. The molecule has 0 aromatic carbocycles. The van der Waals surface area contributed by atoms with Crippen LogP contribution in [0.25, 0.3) is 11.1 Å². The minimum atomic E-state index is -0.859. The zero-order valence-electron chi connectivity index (χ0n) is 10.4. The van der Waals surface area contributed by atoms with Gasteiger partial charge in [-0.15, -0.1) is 11.8 Å². The first-order chi connectivity index (χ1) is 8.93. The largest absolute Gasteiger partial charge is 0.404 e. The quantitative estimate of drug-likeness (QED) is 0.669. The molecule has 2 aromatic rings. The highest BCUT2D eigenvalue weighted by atomic mass is 32.2. The third-order valence-electron chi connectivity index (χ3n) is 2.77. The van der Waals surface area contributed by atoms with Crippen LogP contribution in [0.4, 0.5) is 0 Å². The first-order valence-corrected chi connectivity index (χ1v) is 6.37. The van der Waals surface area contributed by atoms with Crippen LogP contribution in [0.2, 0.25) is 0 Å². The maximum atomic E-state index is 12.1. The number of hydrogen-bond acceptors (Lipinski definition) is 6. The number of aryl methyl sites for hydroxylation is 1. The average Bonchev–Trinajstić information content (AvgIpc) is 2.41. The van der Waals surface area contributed by atoms with Crippen molar-refractivity contribution in [3.8, 4) is 6.07 Å². The molecule has 8 heteroatoms. The second-order valence-electron chi connectivity index (χ2n) is 3.80. The first kappa shape index (κ1) is 13.2. The molecule has 0 aliphatic heterocycles. The number of nitrogens with zero attached hydrogens (tertiary/aromatic N) is 3. The number of aromatic nitrogens is 2. The number of nitriles is 1. The molecule has 0 bridgehead atoms. The number of rotatable bonds is 1. The van der Waals surface area contributed by atoms with Gasteiger partial charge in [-0.1, -0.05) is 0 Å². The summed E-state index contributed by atoms with van der Waals surface area (Å²) >= 11 is 1.09. The van der Waals surface area contributed by atoms with Crippen molar-refractivity contribution in [1.29, 1.82) is 5.26 Å². The van der Waals surface area contributed by atoms with Gasteiger partial charge in [0.25, 0.3) is 5.56 Å². The molecule has 2 aromatic heterocycles. The van der Waals surface area contributed by atoms with Crippen molar-refractivity contribution in [3.63, 3.8) is 0 Å². The molecule has 0 radical (unpaired) electrons. The minimum Gasteiger partial charge on any atom is -0.404 e. The number of fused-ring (bicyclic) bond motifs is 1. The van der Waals surface area contributed by atoms with Gasteiger partial charge in [-0.05, 0) is 6.26 Å². The Morgan fingerprint density at radius 2 is 1.84 bits per heavy atom. The molecule has 0 aliphatic carbocycles. The average molecular weight is 279 g/mol. The third kappa shape index (κ3) is 1.70. The lowest BCUT2D eigenvalue weighted by Crippen LogP contribution is -2.37. The zero-order chi connectivity index (χ0) is 14.3. The first-order valence-electron chi connectivity index (χ1n) is 5.15. The van der Waals surface area contributed by atoms with Crippen molar-refractivity contribution in [3.05, 3.63) is 36.8 Å². The molecule has 2 heterocycles. The third-order valence-corrected chi connectivity index (χ3v) is 3.59. The van der Waals surface area contributed by atoms with Gasteiger partial charge in [0.1, 0.15) is 11.5 Å². The fourth-order valence-corrected chi connectivity index (χ4v) is 2.51. The van der Waals surface area contributed by atoms with Gasteiger partial charge in [-0.2, -0.15) is 5.26 Å². The summed E-state index contributed by atoms with van der Waals surface area (Å²) < 4.78 is 6.91. The molecule has 0 unspecified atom stereocenters. The van der Waals surface area contributed by atoms with Crippen LogP contribution in [0.1, 0.15) is 5.56 Å². The fraction of sp³-hybridized carbons (Fsp3) is 0.273. The molecule has 2 rings (SSSR count). The topological polar surface area (TPSA) is 98.0 Å². The van der Waals surface area contributed by atoms with E-state index >= 15 is 0 Å². The lowest BCUT2D eigenvalue weighted by molar-refractivity contribution is 0.512. The van der Waals surface area contributed by atoms with Gasteiger partial charge in [0.05, 0.1) is 4.90 Å².